The molecule has 0 spiro atoms. The van der Waals surface area contributed by atoms with Gasteiger partial charge in [0.05, 0.1) is 11.0 Å². The number of non-ortho nitro benzene ring substituents is 1. The van der Waals surface area contributed by atoms with Crippen LogP contribution in [0.15, 0.2) is 72.6 Å². The highest BCUT2D eigenvalue weighted by molar-refractivity contribution is 7.10. The van der Waals surface area contributed by atoms with Gasteiger partial charge in [-0.2, -0.15) is 0 Å². The molecule has 0 bridgehead atoms. The van der Waals surface area contributed by atoms with E-state index in [1.807, 2.05) is 11.4 Å². The predicted molar refractivity (Wildman–Crippen MR) is 127 cm³/mol. The Morgan fingerprint density at radius 3 is 2.53 bits per heavy atom. The summed E-state index contributed by atoms with van der Waals surface area (Å²) in [6.07, 6.45) is 2.23. The molecule has 1 aliphatic rings. The number of halogens is 1. The average molecular weight is 480 g/mol. The fourth-order valence-electron chi connectivity index (χ4n) is 4.13. The molecule has 1 unspecified atom stereocenters. The Hall–Kier alpha value is -3.85. The maximum absolute atomic E-state index is 13.6. The first-order valence-electron chi connectivity index (χ1n) is 10.6. The normalized spacial score (nSPS) is 14.9. The van der Waals surface area contributed by atoms with E-state index in [9.17, 15) is 24.1 Å². The van der Waals surface area contributed by atoms with Crippen LogP contribution in [0.4, 0.5) is 10.1 Å². The molecule has 7 nitrogen and oxygen atoms in total. The van der Waals surface area contributed by atoms with E-state index in [2.05, 4.69) is 6.58 Å². The van der Waals surface area contributed by atoms with E-state index in [-0.39, 0.29) is 42.1 Å². The standard InChI is InChI=1S/C25H22FN3O4S/c1-2-13-27(25(31)18-5-9-20(10-6-18)29(32)33)16-23(30)28-14-11-22-21(12-15-34-22)24(28)17-3-7-19(26)8-4-17/h2-10,12,15,24H,1,11,13-14,16H2. The summed E-state index contributed by atoms with van der Waals surface area (Å²) in [7, 11) is 0. The summed E-state index contributed by atoms with van der Waals surface area (Å²) in [6.45, 7) is 4.12. The summed E-state index contributed by atoms with van der Waals surface area (Å²) in [6, 6.07) is 13.0. The number of carbonyl (C=O) groups is 2. The molecule has 1 atom stereocenters. The van der Waals surface area contributed by atoms with Gasteiger partial charge in [0.15, 0.2) is 0 Å². The lowest BCUT2D eigenvalue weighted by atomic mass is 9.93. The quantitative estimate of drug-likeness (QED) is 0.282. The highest BCUT2D eigenvalue weighted by atomic mass is 32.1. The molecule has 0 saturated carbocycles. The molecule has 0 saturated heterocycles. The van der Waals surface area contributed by atoms with Crippen molar-refractivity contribution in [1.29, 1.82) is 0 Å². The van der Waals surface area contributed by atoms with E-state index < -0.39 is 10.8 Å². The molecular weight excluding hydrogens is 457 g/mol. The molecule has 4 rings (SSSR count). The van der Waals surface area contributed by atoms with Crippen molar-refractivity contribution in [2.24, 2.45) is 0 Å². The van der Waals surface area contributed by atoms with Gasteiger partial charge >= 0.3 is 0 Å². The van der Waals surface area contributed by atoms with Crippen molar-refractivity contribution < 1.29 is 18.9 Å². The van der Waals surface area contributed by atoms with Crippen LogP contribution in [-0.4, -0.2) is 46.2 Å². The largest absolute Gasteiger partial charge is 0.330 e. The molecule has 2 amide bonds. The lowest BCUT2D eigenvalue weighted by molar-refractivity contribution is -0.384. The van der Waals surface area contributed by atoms with Gasteiger partial charge in [0.1, 0.15) is 12.4 Å². The van der Waals surface area contributed by atoms with Crippen molar-refractivity contribution in [2.45, 2.75) is 12.5 Å². The highest BCUT2D eigenvalue weighted by Crippen LogP contribution is 2.38. The third kappa shape index (κ3) is 4.74. The van der Waals surface area contributed by atoms with E-state index in [0.29, 0.717) is 13.0 Å². The second kappa shape index (κ2) is 9.96. The average Bonchev–Trinajstić information content (AvgIpc) is 3.32. The number of nitrogens with zero attached hydrogens (tertiary/aromatic N) is 3. The summed E-state index contributed by atoms with van der Waals surface area (Å²) in [5.41, 5.74) is 1.93. The molecule has 0 radical (unpaired) electrons. The molecule has 1 aromatic heterocycles. The predicted octanol–water partition coefficient (Wildman–Crippen LogP) is 4.60. The van der Waals surface area contributed by atoms with E-state index in [1.54, 1.807) is 28.4 Å². The first kappa shape index (κ1) is 23.3. The third-order valence-corrected chi connectivity index (χ3v) is 6.76. The number of thiophene rings is 1. The minimum Gasteiger partial charge on any atom is -0.330 e. The monoisotopic (exact) mass is 479 g/mol. The lowest BCUT2D eigenvalue weighted by Gasteiger charge is -2.37. The van der Waals surface area contributed by atoms with Crippen LogP contribution < -0.4 is 0 Å². The smallest absolute Gasteiger partial charge is 0.269 e. The summed E-state index contributed by atoms with van der Waals surface area (Å²) in [5, 5.41) is 12.9. The van der Waals surface area contributed by atoms with Crippen LogP contribution >= 0.6 is 11.3 Å². The number of nitro benzene ring substituents is 1. The number of hydrogen-bond donors (Lipinski definition) is 0. The fourth-order valence-corrected chi connectivity index (χ4v) is 5.03. The van der Waals surface area contributed by atoms with Crippen LogP contribution in [0.3, 0.4) is 0 Å². The van der Waals surface area contributed by atoms with Gasteiger partial charge in [-0.15, -0.1) is 17.9 Å². The molecular formula is C25H22FN3O4S. The third-order valence-electron chi connectivity index (χ3n) is 5.76. The van der Waals surface area contributed by atoms with Gasteiger partial charge in [-0.3, -0.25) is 19.7 Å². The van der Waals surface area contributed by atoms with Crippen LogP contribution in [0.1, 0.15) is 32.4 Å². The van der Waals surface area contributed by atoms with Crippen LogP contribution in [-0.2, 0) is 11.2 Å². The minimum absolute atomic E-state index is 0.120. The molecule has 9 heteroatoms. The molecule has 174 valence electrons. The summed E-state index contributed by atoms with van der Waals surface area (Å²) in [5.74, 6) is -1.02. The molecule has 34 heavy (non-hydrogen) atoms. The zero-order valence-corrected chi connectivity index (χ0v) is 19.0. The Morgan fingerprint density at radius 2 is 1.88 bits per heavy atom. The topological polar surface area (TPSA) is 83.8 Å². The van der Waals surface area contributed by atoms with Crippen molar-refractivity contribution >= 4 is 28.8 Å². The zero-order chi connectivity index (χ0) is 24.2. The summed E-state index contributed by atoms with van der Waals surface area (Å²) >= 11 is 1.63. The van der Waals surface area contributed by atoms with Crippen molar-refractivity contribution in [3.8, 4) is 0 Å². The second-order valence-corrected chi connectivity index (χ2v) is 8.87. The number of benzene rings is 2. The molecule has 2 aromatic carbocycles. The number of carbonyl (C=O) groups excluding carboxylic acids is 2. The Balaban J connectivity index is 1.59. The van der Waals surface area contributed by atoms with Gasteiger partial charge in [-0.05, 0) is 53.3 Å². The number of rotatable bonds is 7. The Bertz CT molecular complexity index is 1220. The maximum Gasteiger partial charge on any atom is 0.269 e. The summed E-state index contributed by atoms with van der Waals surface area (Å²) < 4.78 is 13.6. The molecule has 3 aromatic rings. The SMILES string of the molecule is C=CCN(CC(=O)N1CCc2sccc2C1c1ccc(F)cc1)C(=O)c1ccc([N+](=O)[O-])cc1. The molecule has 0 N–H and O–H groups in total. The Kier molecular flexibility index (Phi) is 6.83. The van der Waals surface area contributed by atoms with Crippen LogP contribution in [0.25, 0.3) is 0 Å². The van der Waals surface area contributed by atoms with Crippen molar-refractivity contribution in [3.63, 3.8) is 0 Å². The second-order valence-electron chi connectivity index (χ2n) is 7.87. The highest BCUT2D eigenvalue weighted by Gasteiger charge is 2.34. The van der Waals surface area contributed by atoms with Crippen LogP contribution in [0.5, 0.6) is 0 Å². The molecule has 2 heterocycles. The Labute approximate surface area is 199 Å². The summed E-state index contributed by atoms with van der Waals surface area (Å²) in [4.78, 5) is 41.2. The minimum atomic E-state index is -0.538. The number of amides is 2. The van der Waals surface area contributed by atoms with E-state index >= 15 is 0 Å². The number of fused-ring (bicyclic) bond motifs is 1. The van der Waals surface area contributed by atoms with E-state index in [1.165, 1.54) is 52.3 Å². The van der Waals surface area contributed by atoms with Crippen molar-refractivity contribution in [2.75, 3.05) is 19.6 Å². The van der Waals surface area contributed by atoms with Gasteiger partial charge in [0.25, 0.3) is 11.6 Å². The van der Waals surface area contributed by atoms with Crippen molar-refractivity contribution in [3.05, 3.63) is 110 Å². The molecule has 1 aliphatic heterocycles. The lowest BCUT2D eigenvalue weighted by Crippen LogP contribution is -2.46. The van der Waals surface area contributed by atoms with Gasteiger partial charge in [0.2, 0.25) is 5.91 Å². The first-order valence-corrected chi connectivity index (χ1v) is 11.5. The zero-order valence-electron chi connectivity index (χ0n) is 18.2. The maximum atomic E-state index is 13.6. The number of hydrogen-bond acceptors (Lipinski definition) is 5. The molecule has 0 aliphatic carbocycles. The van der Waals surface area contributed by atoms with E-state index in [0.717, 1.165) is 11.1 Å². The molecule has 0 fully saturated rings. The number of nitro groups is 1. The van der Waals surface area contributed by atoms with Crippen molar-refractivity contribution in [1.82, 2.24) is 9.80 Å². The van der Waals surface area contributed by atoms with Gasteiger partial charge in [-0.1, -0.05) is 18.2 Å². The van der Waals surface area contributed by atoms with E-state index in [4.69, 9.17) is 0 Å². The fraction of sp³-hybridized carbons (Fsp3) is 0.200. The van der Waals surface area contributed by atoms with Crippen LogP contribution in [0, 0.1) is 15.9 Å². The van der Waals surface area contributed by atoms with Gasteiger partial charge in [-0.25, -0.2) is 4.39 Å². The van der Waals surface area contributed by atoms with Gasteiger partial charge in [0, 0.05) is 35.7 Å². The Morgan fingerprint density at radius 1 is 1.18 bits per heavy atom. The first-order chi connectivity index (χ1) is 16.4. The van der Waals surface area contributed by atoms with Gasteiger partial charge < -0.3 is 9.80 Å². The van der Waals surface area contributed by atoms with Crippen LogP contribution in [0.2, 0.25) is 0 Å².